The Kier molecular flexibility index (Phi) is 4.27. The summed E-state index contributed by atoms with van der Waals surface area (Å²) >= 11 is 6.43. The second-order valence-corrected chi connectivity index (χ2v) is 6.62. The highest BCUT2D eigenvalue weighted by molar-refractivity contribution is 6.35. The highest BCUT2D eigenvalue weighted by Gasteiger charge is 2.16. The molecule has 4 nitrogen and oxygen atoms in total. The number of hydrogen-bond acceptors (Lipinski definition) is 4. The molecule has 0 fully saturated rings. The molecule has 0 aliphatic rings. The van der Waals surface area contributed by atoms with E-state index in [0.29, 0.717) is 22.1 Å². The van der Waals surface area contributed by atoms with Gasteiger partial charge in [0.05, 0.1) is 10.4 Å². The molecule has 0 unspecified atom stereocenters. The van der Waals surface area contributed by atoms with Crippen molar-refractivity contribution in [1.29, 1.82) is 0 Å². The van der Waals surface area contributed by atoms with Gasteiger partial charge in [-0.3, -0.25) is 0 Å². The Hall–Kier alpha value is -2.98. The molecule has 0 saturated carbocycles. The van der Waals surface area contributed by atoms with Gasteiger partial charge in [-0.15, -0.1) is 0 Å². The lowest BCUT2D eigenvalue weighted by Gasteiger charge is -2.11. The van der Waals surface area contributed by atoms with E-state index in [9.17, 15) is 0 Å². The molecule has 1 aromatic heterocycles. The van der Waals surface area contributed by atoms with Crippen molar-refractivity contribution >= 4 is 45.5 Å². The molecule has 4 aromatic rings. The summed E-state index contributed by atoms with van der Waals surface area (Å²) in [4.78, 5) is 0. The quantitative estimate of drug-likeness (QED) is 0.429. The van der Waals surface area contributed by atoms with E-state index in [0.717, 1.165) is 27.9 Å². The van der Waals surface area contributed by atoms with Crippen LogP contribution in [0.3, 0.4) is 0 Å². The van der Waals surface area contributed by atoms with Crippen LogP contribution in [-0.4, -0.2) is 5.16 Å². The van der Waals surface area contributed by atoms with Gasteiger partial charge in [0.2, 0.25) is 0 Å². The molecule has 2 N–H and O–H groups in total. The first-order valence-electron chi connectivity index (χ1n) is 8.36. The van der Waals surface area contributed by atoms with Crippen LogP contribution in [-0.2, 0) is 0 Å². The normalized spacial score (nSPS) is 10.9. The number of aromatic nitrogens is 1. The molecule has 130 valence electrons. The van der Waals surface area contributed by atoms with Gasteiger partial charge in [0.1, 0.15) is 5.69 Å². The molecule has 26 heavy (non-hydrogen) atoms. The van der Waals surface area contributed by atoms with Gasteiger partial charge >= 0.3 is 0 Å². The molecule has 0 atom stereocenters. The minimum atomic E-state index is 0.583. The Balaban J connectivity index is 1.76. The van der Waals surface area contributed by atoms with Gasteiger partial charge in [-0.25, -0.2) is 0 Å². The lowest BCUT2D eigenvalue weighted by molar-refractivity contribution is 0.461. The Morgan fingerprint density at radius 1 is 0.808 bits per heavy atom. The Labute approximate surface area is 156 Å². The summed E-state index contributed by atoms with van der Waals surface area (Å²) in [5, 5.41) is 12.4. The van der Waals surface area contributed by atoms with E-state index in [4.69, 9.17) is 16.1 Å². The van der Waals surface area contributed by atoms with Gasteiger partial charge in [-0.1, -0.05) is 53.2 Å². The van der Waals surface area contributed by atoms with E-state index >= 15 is 0 Å². The zero-order chi connectivity index (χ0) is 18.1. The number of anilines is 4. The maximum Gasteiger partial charge on any atom is 0.194 e. The number of hydrogen-bond donors (Lipinski definition) is 2. The van der Waals surface area contributed by atoms with E-state index < -0.39 is 0 Å². The van der Waals surface area contributed by atoms with Gasteiger partial charge in [-0.2, -0.15) is 0 Å². The van der Waals surface area contributed by atoms with E-state index in [1.807, 2.05) is 74.5 Å². The van der Waals surface area contributed by atoms with Crippen LogP contribution in [0.25, 0.3) is 11.0 Å². The number of aryl methyl sites for hydroxylation is 2. The number of halogens is 1. The number of rotatable bonds is 4. The molecular formula is C21H18ClN3O. The molecule has 0 aliphatic carbocycles. The molecule has 0 amide bonds. The molecule has 0 spiro atoms. The molecule has 0 saturated heterocycles. The van der Waals surface area contributed by atoms with Crippen LogP contribution in [0.15, 0.2) is 65.2 Å². The molecule has 1 heterocycles. The van der Waals surface area contributed by atoms with Crippen molar-refractivity contribution in [1.82, 2.24) is 5.16 Å². The average Bonchev–Trinajstić information content (AvgIpc) is 3.04. The predicted octanol–water partition coefficient (Wildman–Crippen LogP) is 6.59. The van der Waals surface area contributed by atoms with Crippen molar-refractivity contribution < 1.29 is 4.52 Å². The minimum Gasteiger partial charge on any atom is -0.352 e. The average molecular weight is 364 g/mol. The second-order valence-electron chi connectivity index (χ2n) is 6.21. The van der Waals surface area contributed by atoms with Crippen LogP contribution in [0.5, 0.6) is 0 Å². The molecule has 0 radical (unpaired) electrons. The summed E-state index contributed by atoms with van der Waals surface area (Å²) in [5.41, 5.74) is 5.56. The Morgan fingerprint density at radius 2 is 1.42 bits per heavy atom. The molecule has 0 aliphatic heterocycles. The Morgan fingerprint density at radius 3 is 2.08 bits per heavy atom. The first kappa shape index (κ1) is 16.5. The maximum atomic E-state index is 6.43. The van der Waals surface area contributed by atoms with Gasteiger partial charge in [-0.05, 0) is 49.2 Å². The van der Waals surface area contributed by atoms with Crippen LogP contribution in [0.4, 0.5) is 22.9 Å². The van der Waals surface area contributed by atoms with Crippen molar-refractivity contribution in [2.24, 2.45) is 0 Å². The van der Waals surface area contributed by atoms with Gasteiger partial charge in [0.25, 0.3) is 0 Å². The summed E-state index contributed by atoms with van der Waals surface area (Å²) in [7, 11) is 0. The lowest BCUT2D eigenvalue weighted by Crippen LogP contribution is -1.95. The van der Waals surface area contributed by atoms with Crippen molar-refractivity contribution in [2.75, 3.05) is 10.6 Å². The molecular weight excluding hydrogens is 346 g/mol. The summed E-state index contributed by atoms with van der Waals surface area (Å²) < 4.78 is 5.63. The summed E-state index contributed by atoms with van der Waals surface area (Å²) in [6.45, 7) is 4.09. The van der Waals surface area contributed by atoms with Crippen molar-refractivity contribution in [3.05, 3.63) is 76.8 Å². The van der Waals surface area contributed by atoms with E-state index in [-0.39, 0.29) is 0 Å². The van der Waals surface area contributed by atoms with E-state index in [1.165, 1.54) is 0 Å². The fourth-order valence-electron chi connectivity index (χ4n) is 2.88. The highest BCUT2D eigenvalue weighted by atomic mass is 35.5. The standard InChI is InChI=1S/C21H18ClN3O/c1-13-7-3-5-9-17(13)23-19-16(22)12-11-15-20(19)26-25-21(15)24-18-10-6-4-8-14(18)2/h3-12,23H,1-2H3,(H,24,25). The van der Waals surface area contributed by atoms with Crippen LogP contribution in [0.1, 0.15) is 11.1 Å². The molecule has 4 rings (SSSR count). The van der Waals surface area contributed by atoms with Crippen LogP contribution >= 0.6 is 11.6 Å². The SMILES string of the molecule is Cc1ccccc1Nc1noc2c(Nc3ccccc3C)c(Cl)ccc12. The molecule has 0 bridgehead atoms. The fraction of sp³-hybridized carbons (Fsp3) is 0.0952. The van der Waals surface area contributed by atoms with Crippen molar-refractivity contribution in [3.8, 4) is 0 Å². The summed E-state index contributed by atoms with van der Waals surface area (Å²) in [6, 6.07) is 19.9. The van der Waals surface area contributed by atoms with Gasteiger partial charge in [0, 0.05) is 11.4 Å². The Bertz CT molecular complexity index is 1090. The van der Waals surface area contributed by atoms with Crippen LogP contribution in [0.2, 0.25) is 5.02 Å². The van der Waals surface area contributed by atoms with Gasteiger partial charge < -0.3 is 15.2 Å². The van der Waals surface area contributed by atoms with Crippen molar-refractivity contribution in [3.63, 3.8) is 0 Å². The maximum absolute atomic E-state index is 6.43. The summed E-state index contributed by atoms with van der Waals surface area (Å²) in [5.74, 6) is 0.666. The topological polar surface area (TPSA) is 50.1 Å². The number of nitrogens with zero attached hydrogens (tertiary/aromatic N) is 1. The fourth-order valence-corrected chi connectivity index (χ4v) is 3.07. The van der Waals surface area contributed by atoms with Crippen molar-refractivity contribution in [2.45, 2.75) is 13.8 Å². The van der Waals surface area contributed by atoms with E-state index in [1.54, 1.807) is 0 Å². The number of fused-ring (bicyclic) bond motifs is 1. The van der Waals surface area contributed by atoms with Crippen LogP contribution in [0, 0.1) is 13.8 Å². The summed E-state index contributed by atoms with van der Waals surface area (Å²) in [6.07, 6.45) is 0. The van der Waals surface area contributed by atoms with E-state index in [2.05, 4.69) is 15.8 Å². The third-order valence-electron chi connectivity index (χ3n) is 4.39. The highest BCUT2D eigenvalue weighted by Crippen LogP contribution is 2.38. The minimum absolute atomic E-state index is 0.583. The largest absolute Gasteiger partial charge is 0.352 e. The first-order chi connectivity index (χ1) is 12.6. The third-order valence-corrected chi connectivity index (χ3v) is 4.71. The third kappa shape index (κ3) is 3.00. The number of para-hydroxylation sites is 2. The van der Waals surface area contributed by atoms with Crippen LogP contribution < -0.4 is 10.6 Å². The monoisotopic (exact) mass is 363 g/mol. The number of nitrogens with one attached hydrogen (secondary N) is 2. The zero-order valence-corrected chi connectivity index (χ0v) is 15.3. The molecule has 3 aromatic carbocycles. The van der Waals surface area contributed by atoms with Gasteiger partial charge in [0.15, 0.2) is 11.4 Å². The smallest absolute Gasteiger partial charge is 0.194 e. The lowest BCUT2D eigenvalue weighted by atomic mass is 10.1. The zero-order valence-electron chi connectivity index (χ0n) is 14.5. The number of benzene rings is 3. The predicted molar refractivity (Wildman–Crippen MR) is 108 cm³/mol. The molecule has 5 heteroatoms. The second kappa shape index (κ2) is 6.73. The first-order valence-corrected chi connectivity index (χ1v) is 8.74.